The zero-order valence-electron chi connectivity index (χ0n) is 19.5. The lowest BCUT2D eigenvalue weighted by Gasteiger charge is -2.24. The number of thiazole rings is 1. The molecular weight excluding hydrogens is 460 g/mol. The highest BCUT2D eigenvalue weighted by Crippen LogP contribution is 2.46. The number of aromatic nitrogens is 1. The van der Waals surface area contributed by atoms with Gasteiger partial charge in [0, 0.05) is 49.8 Å². The highest BCUT2D eigenvalue weighted by Gasteiger charge is 2.55. The van der Waals surface area contributed by atoms with E-state index in [-0.39, 0.29) is 11.8 Å². The number of allylic oxidation sites excluding steroid dienone is 1. The third kappa shape index (κ3) is 3.95. The Morgan fingerprint density at radius 2 is 2.06 bits per heavy atom. The summed E-state index contributed by atoms with van der Waals surface area (Å²) in [5, 5.41) is 8.77. The van der Waals surface area contributed by atoms with E-state index in [0.29, 0.717) is 30.8 Å². The first-order valence-corrected chi connectivity index (χ1v) is 13.0. The molecule has 1 amide bonds. The minimum Gasteiger partial charge on any atom is -0.493 e. The summed E-state index contributed by atoms with van der Waals surface area (Å²) in [6.07, 6.45) is 7.05. The Kier molecular flexibility index (Phi) is 5.48. The number of hydrogen-bond donors (Lipinski definition) is 2. The van der Waals surface area contributed by atoms with E-state index in [1.807, 2.05) is 35.2 Å². The highest BCUT2D eigenvalue weighted by atomic mass is 32.1. The van der Waals surface area contributed by atoms with Crippen LogP contribution in [0, 0.1) is 5.41 Å². The van der Waals surface area contributed by atoms with Crippen molar-refractivity contribution in [2.45, 2.75) is 43.6 Å². The monoisotopic (exact) mass is 488 g/mol. The Morgan fingerprint density at radius 1 is 1.26 bits per heavy atom. The number of nitrogens with one attached hydrogen (secondary N) is 1. The molecule has 1 saturated heterocycles. The van der Waals surface area contributed by atoms with Crippen LogP contribution in [0.1, 0.15) is 47.7 Å². The molecule has 0 spiro atoms. The van der Waals surface area contributed by atoms with Crippen LogP contribution >= 0.6 is 11.3 Å². The summed E-state index contributed by atoms with van der Waals surface area (Å²) in [6.45, 7) is 2.18. The highest BCUT2D eigenvalue weighted by molar-refractivity contribution is 7.18. The number of amides is 1. The van der Waals surface area contributed by atoms with Crippen LogP contribution in [0.25, 0.3) is 15.8 Å². The maximum absolute atomic E-state index is 13.3. The van der Waals surface area contributed by atoms with Gasteiger partial charge in [-0.25, -0.2) is 4.98 Å². The topological polar surface area (TPSA) is 102 Å². The number of benzene rings is 2. The number of fused-ring (bicyclic) bond motifs is 2. The van der Waals surface area contributed by atoms with Gasteiger partial charge in [0.25, 0.3) is 5.91 Å². The Morgan fingerprint density at radius 3 is 2.80 bits per heavy atom. The third-order valence-electron chi connectivity index (χ3n) is 7.17. The van der Waals surface area contributed by atoms with Crippen molar-refractivity contribution in [3.63, 3.8) is 0 Å². The number of carbonyl (C=O) groups is 1. The number of para-hydroxylation sites is 1. The lowest BCUT2D eigenvalue weighted by atomic mass is 9.97. The van der Waals surface area contributed by atoms with Gasteiger partial charge in [-0.3, -0.25) is 4.79 Å². The summed E-state index contributed by atoms with van der Waals surface area (Å²) in [7, 11) is 0. The van der Waals surface area contributed by atoms with E-state index in [1.165, 1.54) is 18.0 Å². The Labute approximate surface area is 208 Å². The second-order valence-corrected chi connectivity index (χ2v) is 10.6. The molecule has 35 heavy (non-hydrogen) atoms. The van der Waals surface area contributed by atoms with Crippen molar-refractivity contribution in [3.05, 3.63) is 58.7 Å². The average molecular weight is 489 g/mol. The number of likely N-dealkylation sites (tertiary alicyclic amines) is 1. The van der Waals surface area contributed by atoms with E-state index >= 15 is 0 Å². The first kappa shape index (κ1) is 22.1. The Hall–Kier alpha value is -3.39. The minimum absolute atomic E-state index is 0.0861. The smallest absolute Gasteiger partial charge is 0.266 e. The predicted molar refractivity (Wildman–Crippen MR) is 137 cm³/mol. The van der Waals surface area contributed by atoms with Crippen molar-refractivity contribution in [1.29, 1.82) is 5.41 Å². The summed E-state index contributed by atoms with van der Waals surface area (Å²) in [4.78, 5) is 20.2. The number of nitrogens with zero attached hydrogens (tertiary/aromatic N) is 2. The molecule has 8 heteroatoms. The van der Waals surface area contributed by atoms with Gasteiger partial charge < -0.3 is 25.5 Å². The molecule has 1 saturated carbocycles. The van der Waals surface area contributed by atoms with Crippen LogP contribution in [-0.2, 0) is 11.2 Å². The summed E-state index contributed by atoms with van der Waals surface area (Å²) in [5.41, 5.74) is 8.33. The number of carbonyl (C=O) groups excluding carboxylic acids is 1. The normalized spacial score (nSPS) is 20.9. The predicted octanol–water partition coefficient (Wildman–Crippen LogP) is 4.50. The molecule has 7 nitrogen and oxygen atoms in total. The lowest BCUT2D eigenvalue weighted by Crippen LogP contribution is -2.42. The number of rotatable bonds is 6. The maximum atomic E-state index is 13.3. The fourth-order valence-corrected chi connectivity index (χ4v) is 6.15. The molecule has 2 aromatic carbocycles. The summed E-state index contributed by atoms with van der Waals surface area (Å²) in [6, 6.07) is 12.0. The molecule has 3 N–H and O–H groups in total. The van der Waals surface area contributed by atoms with Gasteiger partial charge in [0.1, 0.15) is 22.0 Å². The molecular formula is C27H28N4O3S. The van der Waals surface area contributed by atoms with Crippen LogP contribution in [0.5, 0.6) is 11.5 Å². The van der Waals surface area contributed by atoms with Crippen LogP contribution < -0.4 is 15.2 Å². The Bertz CT molecular complexity index is 1340. The zero-order chi connectivity index (χ0) is 24.0. The molecule has 1 aromatic heterocycles. The maximum Gasteiger partial charge on any atom is 0.266 e. The number of hydrogen-bond acceptors (Lipinski definition) is 7. The fraction of sp³-hybridized carbons (Fsp3) is 0.370. The van der Waals surface area contributed by atoms with Gasteiger partial charge in [0.2, 0.25) is 0 Å². The van der Waals surface area contributed by atoms with Gasteiger partial charge >= 0.3 is 0 Å². The first-order chi connectivity index (χ1) is 17.1. The molecule has 3 aliphatic rings. The molecule has 3 heterocycles. The summed E-state index contributed by atoms with van der Waals surface area (Å²) < 4.78 is 13.5. The molecule has 0 radical (unpaired) electrons. The van der Waals surface area contributed by atoms with Gasteiger partial charge in [0.05, 0.1) is 11.3 Å². The average Bonchev–Trinajstić information content (AvgIpc) is 3.27. The molecule has 2 fully saturated rings. The van der Waals surface area contributed by atoms with Gasteiger partial charge in [-0.15, -0.1) is 11.3 Å². The van der Waals surface area contributed by atoms with E-state index in [9.17, 15) is 4.79 Å². The van der Waals surface area contributed by atoms with E-state index < -0.39 is 5.60 Å². The molecule has 1 unspecified atom stereocenters. The number of nitrogens with two attached hydrogens (primary N) is 1. The van der Waals surface area contributed by atoms with Gasteiger partial charge in [-0.05, 0) is 48.6 Å². The Balaban J connectivity index is 1.38. The fourth-order valence-electron chi connectivity index (χ4n) is 5.04. The second kappa shape index (κ2) is 8.68. The van der Waals surface area contributed by atoms with Crippen molar-refractivity contribution < 1.29 is 14.3 Å². The van der Waals surface area contributed by atoms with Gasteiger partial charge in [-0.1, -0.05) is 18.2 Å². The first-order valence-electron chi connectivity index (χ1n) is 12.2. The van der Waals surface area contributed by atoms with Crippen molar-refractivity contribution in [2.75, 3.05) is 19.7 Å². The van der Waals surface area contributed by atoms with Crippen LogP contribution in [0.3, 0.4) is 0 Å². The van der Waals surface area contributed by atoms with Crippen molar-refractivity contribution in [1.82, 2.24) is 9.88 Å². The van der Waals surface area contributed by atoms with Crippen molar-refractivity contribution >= 4 is 39.2 Å². The number of ether oxygens (including phenoxy) is 2. The molecule has 180 valence electrons. The van der Waals surface area contributed by atoms with Crippen LogP contribution in [0.2, 0.25) is 0 Å². The van der Waals surface area contributed by atoms with Crippen LogP contribution in [0.15, 0.2) is 42.6 Å². The summed E-state index contributed by atoms with van der Waals surface area (Å²) >= 11 is 1.62. The van der Waals surface area contributed by atoms with Gasteiger partial charge in [-0.2, -0.15) is 0 Å². The van der Waals surface area contributed by atoms with E-state index in [4.69, 9.17) is 25.6 Å². The second-order valence-electron chi connectivity index (χ2n) is 9.56. The molecule has 1 aliphatic carbocycles. The SMILES string of the molecule is N=C/C(=C\N)c1cc(OC2(C(=O)N3CCCC3)CC2)c2nc(C3COc4ccccc4C3)sc2c1. The quantitative estimate of drug-likeness (QED) is 0.498. The van der Waals surface area contributed by atoms with Crippen molar-refractivity contribution in [2.24, 2.45) is 5.73 Å². The molecule has 2 aliphatic heterocycles. The van der Waals surface area contributed by atoms with E-state index in [2.05, 4.69) is 6.07 Å². The minimum atomic E-state index is -0.802. The van der Waals surface area contributed by atoms with Crippen LogP contribution in [-0.4, -0.2) is 47.3 Å². The van der Waals surface area contributed by atoms with Gasteiger partial charge in [0.15, 0.2) is 5.60 Å². The standard InChI is InChI=1S/C27H28N4O3S/c28-14-20(15-29)18-12-22(34-27(7-8-27)26(32)31-9-3-4-10-31)24-23(13-18)35-25(30-24)19-11-17-5-1-2-6-21(17)33-16-19/h1-2,5-6,12-15,19,28H,3-4,7-11,16,29H2/b20-15+,28-14?. The van der Waals surface area contributed by atoms with Crippen LogP contribution in [0.4, 0.5) is 0 Å². The van der Waals surface area contributed by atoms with E-state index in [0.717, 1.165) is 58.9 Å². The third-order valence-corrected chi connectivity index (χ3v) is 8.33. The molecule has 0 bridgehead atoms. The largest absolute Gasteiger partial charge is 0.493 e. The zero-order valence-corrected chi connectivity index (χ0v) is 20.3. The molecule has 3 aromatic rings. The summed E-state index contributed by atoms with van der Waals surface area (Å²) in [5.74, 6) is 1.76. The molecule has 1 atom stereocenters. The lowest BCUT2D eigenvalue weighted by molar-refractivity contribution is -0.139. The molecule has 6 rings (SSSR count). The van der Waals surface area contributed by atoms with Crippen molar-refractivity contribution in [3.8, 4) is 11.5 Å². The van der Waals surface area contributed by atoms with E-state index in [1.54, 1.807) is 11.3 Å².